The lowest BCUT2D eigenvalue weighted by molar-refractivity contribution is -0.142. The molecule has 1 saturated carbocycles. The Balaban J connectivity index is 1.97. The molecule has 6 nitrogen and oxygen atoms in total. The molecule has 6 heteroatoms. The molecule has 0 bridgehead atoms. The van der Waals surface area contributed by atoms with E-state index >= 15 is 0 Å². The third-order valence-corrected chi connectivity index (χ3v) is 5.27. The fourth-order valence-electron chi connectivity index (χ4n) is 3.71. The average Bonchev–Trinajstić information content (AvgIpc) is 3.03. The van der Waals surface area contributed by atoms with Crippen molar-refractivity contribution in [1.29, 1.82) is 0 Å². The lowest BCUT2D eigenvalue weighted by Crippen LogP contribution is -2.54. The van der Waals surface area contributed by atoms with Crippen LogP contribution >= 0.6 is 0 Å². The van der Waals surface area contributed by atoms with Gasteiger partial charge in [-0.1, -0.05) is 19.8 Å². The van der Waals surface area contributed by atoms with E-state index < -0.39 is 12.0 Å². The monoisotopic (exact) mass is 297 g/mol. The molecule has 2 amide bonds. The second kappa shape index (κ2) is 6.22. The molecule has 120 valence electrons. The molecule has 2 fully saturated rings. The number of likely N-dealkylation sites (N-methyl/N-ethyl adjacent to an activating group) is 1. The van der Waals surface area contributed by atoms with Gasteiger partial charge in [-0.15, -0.1) is 0 Å². The van der Waals surface area contributed by atoms with Crippen LogP contribution in [0.2, 0.25) is 0 Å². The maximum absolute atomic E-state index is 12.4. The molecule has 1 heterocycles. The lowest BCUT2D eigenvalue weighted by atomic mass is 9.96. The predicted molar refractivity (Wildman–Crippen MR) is 80.2 cm³/mol. The molecule has 1 aliphatic carbocycles. The van der Waals surface area contributed by atoms with Crippen molar-refractivity contribution in [3.63, 3.8) is 0 Å². The van der Waals surface area contributed by atoms with E-state index in [1.54, 1.807) is 0 Å². The van der Waals surface area contributed by atoms with E-state index in [2.05, 4.69) is 24.3 Å². The van der Waals surface area contributed by atoms with Gasteiger partial charge >= 0.3 is 12.0 Å². The maximum Gasteiger partial charge on any atom is 0.326 e. The number of hydrogen-bond acceptors (Lipinski definition) is 3. The van der Waals surface area contributed by atoms with Crippen molar-refractivity contribution in [2.75, 3.05) is 27.2 Å². The number of carbonyl (C=O) groups is 2. The maximum atomic E-state index is 12.4. The van der Waals surface area contributed by atoms with Gasteiger partial charge in [-0.2, -0.15) is 0 Å². The number of hydrogen-bond donors (Lipinski definition) is 2. The van der Waals surface area contributed by atoms with E-state index in [4.69, 9.17) is 0 Å². The van der Waals surface area contributed by atoms with Gasteiger partial charge in [0.25, 0.3) is 0 Å². The number of rotatable bonds is 4. The van der Waals surface area contributed by atoms with Crippen LogP contribution in [-0.4, -0.2) is 65.7 Å². The Morgan fingerprint density at radius 3 is 2.48 bits per heavy atom. The zero-order valence-electron chi connectivity index (χ0n) is 13.3. The van der Waals surface area contributed by atoms with Crippen LogP contribution in [0, 0.1) is 5.92 Å². The smallest absolute Gasteiger partial charge is 0.326 e. The van der Waals surface area contributed by atoms with E-state index in [0.717, 1.165) is 19.3 Å². The number of amides is 2. The summed E-state index contributed by atoms with van der Waals surface area (Å²) in [7, 11) is 4.10. The Labute approximate surface area is 126 Å². The molecule has 2 atom stereocenters. The topological polar surface area (TPSA) is 72.9 Å². The summed E-state index contributed by atoms with van der Waals surface area (Å²) in [6.07, 6.45) is 5.29. The van der Waals surface area contributed by atoms with Crippen molar-refractivity contribution in [3.8, 4) is 0 Å². The second-order valence-corrected chi connectivity index (χ2v) is 6.73. The molecule has 0 spiro atoms. The van der Waals surface area contributed by atoms with Gasteiger partial charge < -0.3 is 20.2 Å². The van der Waals surface area contributed by atoms with Gasteiger partial charge in [0.1, 0.15) is 6.04 Å². The van der Waals surface area contributed by atoms with E-state index in [9.17, 15) is 14.7 Å². The molecule has 2 rings (SSSR count). The van der Waals surface area contributed by atoms with Crippen LogP contribution in [0.1, 0.15) is 39.0 Å². The second-order valence-electron chi connectivity index (χ2n) is 6.73. The van der Waals surface area contributed by atoms with E-state index in [1.807, 2.05) is 6.92 Å². The zero-order chi connectivity index (χ0) is 15.6. The van der Waals surface area contributed by atoms with Crippen LogP contribution in [0.25, 0.3) is 0 Å². The summed E-state index contributed by atoms with van der Waals surface area (Å²) in [5.74, 6) is -0.888. The Kier molecular flexibility index (Phi) is 4.76. The predicted octanol–water partition coefficient (Wildman–Crippen LogP) is 1.37. The summed E-state index contributed by atoms with van der Waals surface area (Å²) < 4.78 is 0. The first-order chi connectivity index (χ1) is 9.87. The van der Waals surface area contributed by atoms with Gasteiger partial charge in [0.15, 0.2) is 0 Å². The number of aliphatic carboxylic acids is 1. The molecule has 0 radical (unpaired) electrons. The Morgan fingerprint density at radius 2 is 1.95 bits per heavy atom. The molecule has 2 aliphatic rings. The highest BCUT2D eigenvalue weighted by atomic mass is 16.4. The van der Waals surface area contributed by atoms with Gasteiger partial charge in [-0.25, -0.2) is 9.59 Å². The van der Waals surface area contributed by atoms with Crippen LogP contribution in [0.15, 0.2) is 0 Å². The van der Waals surface area contributed by atoms with Crippen molar-refractivity contribution in [2.45, 2.75) is 50.6 Å². The van der Waals surface area contributed by atoms with Crippen LogP contribution in [0.3, 0.4) is 0 Å². The number of carbonyl (C=O) groups excluding carboxylic acids is 1. The average molecular weight is 297 g/mol. The number of likely N-dealkylation sites (tertiary alicyclic amines) is 1. The molecule has 0 aromatic rings. The first-order valence-electron chi connectivity index (χ1n) is 7.82. The minimum atomic E-state index is -0.904. The highest BCUT2D eigenvalue weighted by Crippen LogP contribution is 2.33. The number of urea groups is 1. The van der Waals surface area contributed by atoms with E-state index in [-0.39, 0.29) is 17.5 Å². The van der Waals surface area contributed by atoms with E-state index in [0.29, 0.717) is 13.1 Å². The van der Waals surface area contributed by atoms with Gasteiger partial charge in [0.2, 0.25) is 0 Å². The third kappa shape index (κ3) is 3.15. The summed E-state index contributed by atoms with van der Waals surface area (Å²) in [6.45, 7) is 3.01. The van der Waals surface area contributed by atoms with Gasteiger partial charge in [0, 0.05) is 18.6 Å². The van der Waals surface area contributed by atoms with Crippen molar-refractivity contribution in [3.05, 3.63) is 0 Å². The quantitative estimate of drug-likeness (QED) is 0.822. The summed E-state index contributed by atoms with van der Waals surface area (Å²) in [5, 5.41) is 12.3. The first-order valence-corrected chi connectivity index (χ1v) is 7.82. The molecule has 21 heavy (non-hydrogen) atoms. The van der Waals surface area contributed by atoms with E-state index in [1.165, 1.54) is 17.7 Å². The normalized spacial score (nSPS) is 28.1. The highest BCUT2D eigenvalue weighted by molar-refractivity contribution is 5.83. The minimum Gasteiger partial charge on any atom is -0.480 e. The lowest BCUT2D eigenvalue weighted by Gasteiger charge is -2.37. The number of carboxylic acid groups (broad SMARTS) is 1. The summed E-state index contributed by atoms with van der Waals surface area (Å²) in [5.41, 5.74) is 0.0275. The van der Waals surface area contributed by atoms with Gasteiger partial charge in [-0.05, 0) is 39.3 Å². The molecule has 0 aromatic heterocycles. The fourth-order valence-corrected chi connectivity index (χ4v) is 3.71. The molecule has 1 saturated heterocycles. The molecular formula is C15H27N3O3. The SMILES string of the molecule is CC1CCN(C(=O)NCC2(N(C)C)CCCC2)C1C(=O)O. The molecule has 2 unspecified atom stereocenters. The van der Waals surface area contributed by atoms with Crippen molar-refractivity contribution < 1.29 is 14.7 Å². The molecule has 0 aromatic carbocycles. The summed E-state index contributed by atoms with van der Waals surface area (Å²) in [6, 6.07) is -0.927. The number of nitrogens with zero attached hydrogens (tertiary/aromatic N) is 2. The Hall–Kier alpha value is -1.30. The minimum absolute atomic E-state index is 0.0162. The number of carboxylic acids is 1. The summed E-state index contributed by atoms with van der Waals surface area (Å²) in [4.78, 5) is 27.4. The molecular weight excluding hydrogens is 270 g/mol. The first kappa shape index (κ1) is 16.1. The van der Waals surface area contributed by atoms with Crippen LogP contribution in [0.5, 0.6) is 0 Å². The van der Waals surface area contributed by atoms with Gasteiger partial charge in [-0.3, -0.25) is 0 Å². The summed E-state index contributed by atoms with van der Waals surface area (Å²) >= 11 is 0. The van der Waals surface area contributed by atoms with Crippen molar-refractivity contribution in [2.24, 2.45) is 5.92 Å². The zero-order valence-corrected chi connectivity index (χ0v) is 13.3. The van der Waals surface area contributed by atoms with Crippen LogP contribution in [0.4, 0.5) is 4.79 Å². The highest BCUT2D eigenvalue weighted by Gasteiger charge is 2.41. The third-order valence-electron chi connectivity index (χ3n) is 5.27. The Bertz CT molecular complexity index is 405. The van der Waals surface area contributed by atoms with Crippen molar-refractivity contribution >= 4 is 12.0 Å². The number of nitrogens with one attached hydrogen (secondary N) is 1. The Morgan fingerprint density at radius 1 is 1.33 bits per heavy atom. The van der Waals surface area contributed by atoms with Gasteiger partial charge in [0.05, 0.1) is 0 Å². The fraction of sp³-hybridized carbons (Fsp3) is 0.867. The van der Waals surface area contributed by atoms with Crippen LogP contribution in [-0.2, 0) is 4.79 Å². The molecule has 2 N–H and O–H groups in total. The standard InChI is InChI=1S/C15H27N3O3/c1-11-6-9-18(12(11)13(19)20)14(21)16-10-15(17(2)3)7-4-5-8-15/h11-12H,4-10H2,1-3H3,(H,16,21)(H,19,20). The van der Waals surface area contributed by atoms with Crippen molar-refractivity contribution in [1.82, 2.24) is 15.1 Å². The van der Waals surface area contributed by atoms with Crippen LogP contribution < -0.4 is 5.32 Å². The largest absolute Gasteiger partial charge is 0.480 e. The molecule has 1 aliphatic heterocycles.